The van der Waals surface area contributed by atoms with Crippen LogP contribution in [0, 0.1) is 0 Å². The van der Waals surface area contributed by atoms with Gasteiger partial charge in [0.2, 0.25) is 5.91 Å². The van der Waals surface area contributed by atoms with Gasteiger partial charge in [-0.1, -0.05) is 26.2 Å². The second-order valence-electron chi connectivity index (χ2n) is 4.11. The maximum Gasteiger partial charge on any atom is 0.221 e. The number of amides is 1. The Kier molecular flexibility index (Phi) is 5.31. The molecule has 14 heavy (non-hydrogen) atoms. The van der Waals surface area contributed by atoms with E-state index in [4.69, 9.17) is 11.6 Å². The summed E-state index contributed by atoms with van der Waals surface area (Å²) in [6, 6.07) is 0.414. The van der Waals surface area contributed by atoms with E-state index in [2.05, 4.69) is 5.32 Å². The van der Waals surface area contributed by atoms with Crippen molar-refractivity contribution in [3.8, 4) is 0 Å². The molecular formula is C11H20ClNO. The van der Waals surface area contributed by atoms with Gasteiger partial charge in [0, 0.05) is 17.8 Å². The van der Waals surface area contributed by atoms with Crippen molar-refractivity contribution in [3.63, 3.8) is 0 Å². The number of hydrogen-bond donors (Lipinski definition) is 1. The smallest absolute Gasteiger partial charge is 0.221 e. The lowest BCUT2D eigenvalue weighted by atomic mass is 9.95. The molecule has 1 aliphatic rings. The summed E-state index contributed by atoms with van der Waals surface area (Å²) in [5.74, 6) is 0.124. The van der Waals surface area contributed by atoms with Crippen molar-refractivity contribution in [2.45, 2.75) is 63.3 Å². The monoisotopic (exact) mass is 217 g/mol. The second kappa shape index (κ2) is 6.28. The van der Waals surface area contributed by atoms with Crippen molar-refractivity contribution in [2.24, 2.45) is 0 Å². The minimum Gasteiger partial charge on any atom is -0.353 e. The zero-order chi connectivity index (χ0) is 10.4. The Morgan fingerprint density at radius 3 is 2.64 bits per heavy atom. The standard InChI is InChI=1S/C11H20ClNO/c1-2-9(12)8-11(14)13-10-6-4-3-5-7-10/h9-10H,2-8H2,1H3,(H,13,14). The number of carbonyl (C=O) groups excluding carboxylic acids is 1. The van der Waals surface area contributed by atoms with E-state index in [0.717, 1.165) is 19.3 Å². The molecule has 1 amide bonds. The van der Waals surface area contributed by atoms with Gasteiger partial charge in [-0.25, -0.2) is 0 Å². The molecule has 82 valence electrons. The summed E-state index contributed by atoms with van der Waals surface area (Å²) >= 11 is 5.92. The fraction of sp³-hybridized carbons (Fsp3) is 0.909. The van der Waals surface area contributed by atoms with Crippen LogP contribution in [0.2, 0.25) is 0 Å². The first-order valence-corrected chi connectivity index (χ1v) is 6.09. The first-order valence-electron chi connectivity index (χ1n) is 5.65. The summed E-state index contributed by atoms with van der Waals surface area (Å²) in [5.41, 5.74) is 0. The molecule has 0 spiro atoms. The lowest BCUT2D eigenvalue weighted by Crippen LogP contribution is -2.37. The van der Waals surface area contributed by atoms with Gasteiger partial charge >= 0.3 is 0 Å². The molecule has 1 saturated carbocycles. The van der Waals surface area contributed by atoms with Gasteiger partial charge in [-0.3, -0.25) is 4.79 Å². The van der Waals surface area contributed by atoms with E-state index in [1.54, 1.807) is 0 Å². The van der Waals surface area contributed by atoms with Crippen molar-refractivity contribution in [2.75, 3.05) is 0 Å². The number of rotatable bonds is 4. The number of alkyl halides is 1. The quantitative estimate of drug-likeness (QED) is 0.721. The van der Waals surface area contributed by atoms with E-state index in [1.165, 1.54) is 19.3 Å². The van der Waals surface area contributed by atoms with Crippen molar-refractivity contribution < 1.29 is 4.79 Å². The summed E-state index contributed by atoms with van der Waals surface area (Å²) in [5, 5.41) is 3.06. The molecule has 0 radical (unpaired) electrons. The fourth-order valence-electron chi connectivity index (χ4n) is 1.88. The number of carbonyl (C=O) groups is 1. The molecule has 1 fully saturated rings. The number of halogens is 1. The van der Waals surface area contributed by atoms with Crippen molar-refractivity contribution in [1.82, 2.24) is 5.32 Å². The van der Waals surface area contributed by atoms with Crippen LogP contribution >= 0.6 is 11.6 Å². The van der Waals surface area contributed by atoms with Crippen LogP contribution in [-0.2, 0) is 4.79 Å². The van der Waals surface area contributed by atoms with Crippen LogP contribution in [0.3, 0.4) is 0 Å². The molecule has 3 heteroatoms. The molecule has 0 bridgehead atoms. The normalized spacial score (nSPS) is 20.4. The number of nitrogens with one attached hydrogen (secondary N) is 1. The minimum absolute atomic E-state index is 0.00131. The van der Waals surface area contributed by atoms with Gasteiger partial charge in [-0.05, 0) is 19.3 Å². The average molecular weight is 218 g/mol. The molecule has 0 aromatic heterocycles. The third kappa shape index (κ3) is 4.32. The summed E-state index contributed by atoms with van der Waals surface area (Å²) in [6.45, 7) is 2.01. The van der Waals surface area contributed by atoms with Crippen LogP contribution in [0.4, 0.5) is 0 Å². The highest BCUT2D eigenvalue weighted by molar-refractivity contribution is 6.21. The molecule has 1 N–H and O–H groups in total. The van der Waals surface area contributed by atoms with E-state index >= 15 is 0 Å². The number of hydrogen-bond acceptors (Lipinski definition) is 1. The van der Waals surface area contributed by atoms with Gasteiger partial charge in [-0.15, -0.1) is 11.6 Å². The molecule has 1 rings (SSSR count). The minimum atomic E-state index is -0.00131. The molecule has 0 aromatic rings. The molecule has 1 atom stereocenters. The summed E-state index contributed by atoms with van der Waals surface area (Å²) < 4.78 is 0. The highest BCUT2D eigenvalue weighted by Crippen LogP contribution is 2.17. The zero-order valence-electron chi connectivity index (χ0n) is 8.89. The third-order valence-electron chi connectivity index (χ3n) is 2.82. The van der Waals surface area contributed by atoms with Crippen molar-refractivity contribution >= 4 is 17.5 Å². The topological polar surface area (TPSA) is 29.1 Å². The highest BCUT2D eigenvalue weighted by atomic mass is 35.5. The fourth-order valence-corrected chi connectivity index (χ4v) is 2.02. The molecule has 1 unspecified atom stereocenters. The molecule has 2 nitrogen and oxygen atoms in total. The van der Waals surface area contributed by atoms with Crippen molar-refractivity contribution in [1.29, 1.82) is 0 Å². The molecule has 0 saturated heterocycles. The van der Waals surface area contributed by atoms with E-state index in [1.807, 2.05) is 6.92 Å². The molecule has 0 aliphatic heterocycles. The van der Waals surface area contributed by atoms with Crippen LogP contribution in [0.25, 0.3) is 0 Å². The summed E-state index contributed by atoms with van der Waals surface area (Å²) in [4.78, 5) is 11.5. The van der Waals surface area contributed by atoms with Crippen LogP contribution in [0.1, 0.15) is 51.9 Å². The third-order valence-corrected chi connectivity index (χ3v) is 3.28. The van der Waals surface area contributed by atoms with Crippen LogP contribution in [0.5, 0.6) is 0 Å². The lowest BCUT2D eigenvalue weighted by Gasteiger charge is -2.23. The maximum atomic E-state index is 11.5. The Labute approximate surface area is 91.4 Å². The second-order valence-corrected chi connectivity index (χ2v) is 4.73. The van der Waals surface area contributed by atoms with Crippen LogP contribution in [-0.4, -0.2) is 17.3 Å². The van der Waals surface area contributed by atoms with E-state index in [0.29, 0.717) is 12.5 Å². The average Bonchev–Trinajstić information content (AvgIpc) is 2.19. The molecule has 1 aliphatic carbocycles. The van der Waals surface area contributed by atoms with Gasteiger partial charge in [0.15, 0.2) is 0 Å². The molecule has 0 heterocycles. The van der Waals surface area contributed by atoms with E-state index in [9.17, 15) is 4.79 Å². The summed E-state index contributed by atoms with van der Waals surface area (Å²) in [6.07, 6.45) is 7.44. The van der Waals surface area contributed by atoms with Crippen molar-refractivity contribution in [3.05, 3.63) is 0 Å². The SMILES string of the molecule is CCC(Cl)CC(=O)NC1CCCCC1. The van der Waals surface area contributed by atoms with Gasteiger partial charge in [-0.2, -0.15) is 0 Å². The lowest BCUT2D eigenvalue weighted by molar-refractivity contribution is -0.122. The van der Waals surface area contributed by atoms with Gasteiger partial charge in [0.1, 0.15) is 0 Å². The van der Waals surface area contributed by atoms with Crippen LogP contribution < -0.4 is 5.32 Å². The predicted octanol–water partition coefficient (Wildman–Crippen LogP) is 2.84. The molecular weight excluding hydrogens is 198 g/mol. The Hall–Kier alpha value is -0.240. The Bertz CT molecular complexity index is 178. The first kappa shape index (κ1) is 11.8. The van der Waals surface area contributed by atoms with Gasteiger partial charge in [0.05, 0.1) is 0 Å². The Morgan fingerprint density at radius 1 is 1.43 bits per heavy atom. The molecule has 0 aromatic carbocycles. The van der Waals surface area contributed by atoms with E-state index in [-0.39, 0.29) is 11.3 Å². The van der Waals surface area contributed by atoms with Gasteiger partial charge in [0.25, 0.3) is 0 Å². The maximum absolute atomic E-state index is 11.5. The van der Waals surface area contributed by atoms with E-state index < -0.39 is 0 Å². The highest BCUT2D eigenvalue weighted by Gasteiger charge is 2.16. The largest absolute Gasteiger partial charge is 0.353 e. The van der Waals surface area contributed by atoms with Gasteiger partial charge < -0.3 is 5.32 Å². The summed E-state index contributed by atoms with van der Waals surface area (Å²) in [7, 11) is 0. The predicted molar refractivity (Wildman–Crippen MR) is 59.6 cm³/mol. The van der Waals surface area contributed by atoms with Crippen LogP contribution in [0.15, 0.2) is 0 Å². The Morgan fingerprint density at radius 2 is 2.07 bits per heavy atom. The Balaban J connectivity index is 2.18. The zero-order valence-corrected chi connectivity index (χ0v) is 9.65. The first-order chi connectivity index (χ1) is 6.72.